The first-order chi connectivity index (χ1) is 11.7. The first kappa shape index (κ1) is 17.5. The monoisotopic (exact) mass is 349 g/mol. The predicted octanol–water partition coefficient (Wildman–Crippen LogP) is 2.83. The van der Waals surface area contributed by atoms with Gasteiger partial charge in [-0.3, -0.25) is 14.4 Å². The van der Waals surface area contributed by atoms with E-state index in [4.69, 9.17) is 9.57 Å². The van der Waals surface area contributed by atoms with Gasteiger partial charge in [0, 0.05) is 31.9 Å². The van der Waals surface area contributed by atoms with Crippen LogP contribution in [0.2, 0.25) is 0 Å². The van der Waals surface area contributed by atoms with Gasteiger partial charge in [-0.25, -0.2) is 5.06 Å². The Balaban J connectivity index is 1.73. The van der Waals surface area contributed by atoms with Gasteiger partial charge in [0.1, 0.15) is 5.78 Å². The summed E-state index contributed by atoms with van der Waals surface area (Å²) in [4.78, 5) is 31.4. The van der Waals surface area contributed by atoms with Crippen LogP contribution in [0.15, 0.2) is 0 Å². The molecule has 4 aliphatic rings. The highest BCUT2D eigenvalue weighted by Gasteiger charge is 2.79. The molecule has 4 aliphatic carbocycles. The SMILES string of the molecule is CO[C@@H]1C[C@@H]2C[C@@]34CC[C@@H](C(=O)N(C)OC)[C@]3(C)CC(=O)[C@@]4(C)[C@@H]2C1. The molecule has 0 aliphatic heterocycles. The largest absolute Gasteiger partial charge is 0.381 e. The summed E-state index contributed by atoms with van der Waals surface area (Å²) in [6, 6.07) is 0. The van der Waals surface area contributed by atoms with Gasteiger partial charge in [-0.2, -0.15) is 0 Å². The van der Waals surface area contributed by atoms with E-state index in [1.54, 1.807) is 14.2 Å². The third-order valence-electron chi connectivity index (χ3n) is 9.04. The molecule has 1 spiro atoms. The third-order valence-corrected chi connectivity index (χ3v) is 9.04. The number of amides is 1. The van der Waals surface area contributed by atoms with Crippen molar-refractivity contribution in [3.8, 4) is 0 Å². The highest BCUT2D eigenvalue weighted by molar-refractivity contribution is 5.92. The zero-order chi connectivity index (χ0) is 18.2. The van der Waals surface area contributed by atoms with Gasteiger partial charge >= 0.3 is 0 Å². The highest BCUT2D eigenvalue weighted by atomic mass is 16.7. The summed E-state index contributed by atoms with van der Waals surface area (Å²) in [5.74, 6) is 1.29. The normalized spacial score (nSPS) is 50.7. The molecule has 25 heavy (non-hydrogen) atoms. The number of Topliss-reactive ketones (excluding diaryl/α,β-unsaturated/α-hetero) is 1. The van der Waals surface area contributed by atoms with Crippen LogP contribution < -0.4 is 0 Å². The van der Waals surface area contributed by atoms with Crippen molar-refractivity contribution in [3.05, 3.63) is 0 Å². The van der Waals surface area contributed by atoms with Gasteiger partial charge < -0.3 is 4.74 Å². The van der Waals surface area contributed by atoms with E-state index in [9.17, 15) is 9.59 Å². The van der Waals surface area contributed by atoms with E-state index >= 15 is 0 Å². The highest BCUT2D eigenvalue weighted by Crippen LogP contribution is 2.80. The Morgan fingerprint density at radius 3 is 2.60 bits per heavy atom. The molecule has 0 radical (unpaired) electrons. The summed E-state index contributed by atoms with van der Waals surface area (Å²) in [6.07, 6.45) is 5.84. The molecule has 0 aromatic heterocycles. The molecule has 4 fully saturated rings. The zero-order valence-electron chi connectivity index (χ0n) is 16.1. The summed E-state index contributed by atoms with van der Waals surface area (Å²) in [7, 11) is 4.99. The molecule has 1 amide bonds. The molecular formula is C20H31NO4. The van der Waals surface area contributed by atoms with Gasteiger partial charge in [-0.1, -0.05) is 13.8 Å². The van der Waals surface area contributed by atoms with Crippen LogP contribution in [0.4, 0.5) is 0 Å². The molecule has 0 saturated heterocycles. The molecule has 0 aromatic carbocycles. The maximum Gasteiger partial charge on any atom is 0.249 e. The molecule has 140 valence electrons. The number of carbonyl (C=O) groups excluding carboxylic acids is 2. The van der Waals surface area contributed by atoms with E-state index in [1.807, 2.05) is 0 Å². The Morgan fingerprint density at radius 2 is 1.96 bits per heavy atom. The van der Waals surface area contributed by atoms with Gasteiger partial charge in [0.15, 0.2) is 0 Å². The minimum atomic E-state index is -0.291. The van der Waals surface area contributed by atoms with Crippen LogP contribution in [0.5, 0.6) is 0 Å². The van der Waals surface area contributed by atoms with Gasteiger partial charge in [0.2, 0.25) is 5.91 Å². The number of hydroxylamine groups is 2. The molecule has 7 atom stereocenters. The zero-order valence-corrected chi connectivity index (χ0v) is 16.1. The second-order valence-electron chi connectivity index (χ2n) is 9.31. The number of methoxy groups -OCH3 is 1. The van der Waals surface area contributed by atoms with Crippen molar-refractivity contribution in [2.24, 2.45) is 34.0 Å². The number of hydrogen-bond acceptors (Lipinski definition) is 4. The lowest BCUT2D eigenvalue weighted by Crippen LogP contribution is -2.46. The predicted molar refractivity (Wildman–Crippen MR) is 92.4 cm³/mol. The van der Waals surface area contributed by atoms with E-state index in [0.29, 0.717) is 30.1 Å². The fourth-order valence-electron chi connectivity index (χ4n) is 7.72. The van der Waals surface area contributed by atoms with E-state index in [1.165, 1.54) is 12.2 Å². The van der Waals surface area contributed by atoms with Crippen LogP contribution in [0.1, 0.15) is 52.4 Å². The number of fused-ring (bicyclic) bond motifs is 2. The number of rotatable bonds is 3. The first-order valence-electron chi connectivity index (χ1n) is 9.63. The number of ketones is 1. The Bertz CT molecular complexity index is 621. The smallest absolute Gasteiger partial charge is 0.249 e. The molecule has 5 heteroatoms. The second kappa shape index (κ2) is 5.29. The van der Waals surface area contributed by atoms with Crippen molar-refractivity contribution in [2.45, 2.75) is 58.5 Å². The molecular weight excluding hydrogens is 318 g/mol. The summed E-state index contributed by atoms with van der Waals surface area (Å²) < 4.78 is 5.63. The lowest BCUT2D eigenvalue weighted by atomic mass is 9.57. The third kappa shape index (κ3) is 1.82. The molecule has 0 bridgehead atoms. The summed E-state index contributed by atoms with van der Waals surface area (Å²) in [5.41, 5.74) is -0.560. The Labute approximate surface area is 150 Å². The molecule has 4 saturated carbocycles. The minimum Gasteiger partial charge on any atom is -0.381 e. The van der Waals surface area contributed by atoms with Crippen LogP contribution in [0, 0.1) is 34.0 Å². The van der Waals surface area contributed by atoms with Crippen molar-refractivity contribution in [1.29, 1.82) is 0 Å². The fourth-order valence-corrected chi connectivity index (χ4v) is 7.72. The topological polar surface area (TPSA) is 55.8 Å². The van der Waals surface area contributed by atoms with Crippen LogP contribution in [-0.4, -0.2) is 44.1 Å². The number of nitrogens with zero attached hydrogens (tertiary/aromatic N) is 1. The maximum absolute atomic E-state index is 13.3. The van der Waals surface area contributed by atoms with Crippen LogP contribution >= 0.6 is 0 Å². The summed E-state index contributed by atoms with van der Waals surface area (Å²) >= 11 is 0. The average Bonchev–Trinajstić information content (AvgIpc) is 3.22. The summed E-state index contributed by atoms with van der Waals surface area (Å²) in [6.45, 7) is 4.43. The van der Waals surface area contributed by atoms with Crippen LogP contribution in [-0.2, 0) is 19.2 Å². The standard InChI is InChI=1S/C20H31NO4/c1-18-11-16(22)19(2)15-9-13(24-4)8-12(15)10-20(18,19)7-6-14(18)17(23)21(3)25-5/h12-15H,6-11H2,1-5H3/t12-,13-,14+,15-,18+,19-,20+/m1/s1. The Hall–Kier alpha value is -0.940. The van der Waals surface area contributed by atoms with Crippen molar-refractivity contribution >= 4 is 11.7 Å². The van der Waals surface area contributed by atoms with E-state index < -0.39 is 0 Å². The van der Waals surface area contributed by atoms with Crippen molar-refractivity contribution in [1.82, 2.24) is 5.06 Å². The molecule has 5 nitrogen and oxygen atoms in total. The summed E-state index contributed by atoms with van der Waals surface area (Å²) in [5, 5.41) is 1.35. The fraction of sp³-hybridized carbons (Fsp3) is 0.900. The maximum atomic E-state index is 13.3. The lowest BCUT2D eigenvalue weighted by Gasteiger charge is -2.46. The van der Waals surface area contributed by atoms with E-state index in [2.05, 4.69) is 13.8 Å². The Kier molecular flexibility index (Phi) is 3.70. The van der Waals surface area contributed by atoms with Crippen LogP contribution in [0.25, 0.3) is 0 Å². The van der Waals surface area contributed by atoms with Crippen molar-refractivity contribution in [3.63, 3.8) is 0 Å². The number of ether oxygens (including phenoxy) is 1. The first-order valence-corrected chi connectivity index (χ1v) is 9.63. The molecule has 0 aromatic rings. The van der Waals surface area contributed by atoms with E-state index in [-0.39, 0.29) is 28.1 Å². The Morgan fingerprint density at radius 1 is 1.24 bits per heavy atom. The van der Waals surface area contributed by atoms with Crippen molar-refractivity contribution in [2.75, 3.05) is 21.3 Å². The molecule has 0 unspecified atom stereocenters. The number of carbonyl (C=O) groups is 2. The van der Waals surface area contributed by atoms with Gasteiger partial charge in [-0.05, 0) is 54.8 Å². The lowest BCUT2D eigenvalue weighted by molar-refractivity contribution is -0.178. The van der Waals surface area contributed by atoms with Crippen LogP contribution in [0.3, 0.4) is 0 Å². The van der Waals surface area contributed by atoms with Gasteiger partial charge in [0.25, 0.3) is 0 Å². The molecule has 0 N–H and O–H groups in total. The van der Waals surface area contributed by atoms with Crippen molar-refractivity contribution < 1.29 is 19.2 Å². The average molecular weight is 349 g/mol. The quantitative estimate of drug-likeness (QED) is 0.735. The van der Waals surface area contributed by atoms with Gasteiger partial charge in [0.05, 0.1) is 13.2 Å². The van der Waals surface area contributed by atoms with E-state index in [0.717, 1.165) is 32.1 Å². The minimum absolute atomic E-state index is 0.0277. The number of hydrogen-bond donors (Lipinski definition) is 0. The molecule has 4 rings (SSSR count). The van der Waals surface area contributed by atoms with Gasteiger partial charge in [-0.15, -0.1) is 0 Å². The second-order valence-corrected chi connectivity index (χ2v) is 9.31. The molecule has 0 heterocycles.